The van der Waals surface area contributed by atoms with Gasteiger partial charge in [0.25, 0.3) is 5.91 Å². The van der Waals surface area contributed by atoms with Gasteiger partial charge >= 0.3 is 6.03 Å². The number of amides is 3. The van der Waals surface area contributed by atoms with Crippen LogP contribution >= 0.6 is 0 Å². The van der Waals surface area contributed by atoms with Crippen LogP contribution in [0.25, 0.3) is 0 Å². The van der Waals surface area contributed by atoms with Crippen molar-refractivity contribution >= 4 is 11.9 Å². The second kappa shape index (κ2) is 5.68. The van der Waals surface area contributed by atoms with Crippen LogP contribution in [0.1, 0.15) is 39.2 Å². The number of hydrogen-bond donors (Lipinski definition) is 2. The number of nitrogens with zero attached hydrogens (tertiary/aromatic N) is 1. The maximum absolute atomic E-state index is 13.1. The van der Waals surface area contributed by atoms with Crippen molar-refractivity contribution in [1.82, 2.24) is 10.2 Å². The number of halogens is 1. The van der Waals surface area contributed by atoms with E-state index in [1.54, 1.807) is 20.8 Å². The van der Waals surface area contributed by atoms with Gasteiger partial charge in [-0.15, -0.1) is 0 Å². The van der Waals surface area contributed by atoms with Crippen molar-refractivity contribution in [2.24, 2.45) is 0 Å². The Balaban J connectivity index is 2.29. The number of carbonyl (C=O) groups is 2. The van der Waals surface area contributed by atoms with Crippen molar-refractivity contribution in [2.75, 3.05) is 6.54 Å². The molecule has 1 aromatic rings. The van der Waals surface area contributed by atoms with Crippen LogP contribution < -0.4 is 5.32 Å². The molecular formula is C16H21FN2O3. The summed E-state index contributed by atoms with van der Waals surface area (Å²) in [5, 5.41) is 12.5. The Labute approximate surface area is 129 Å². The summed E-state index contributed by atoms with van der Waals surface area (Å²) < 4.78 is 13.1. The number of nitrogens with one attached hydrogen (secondary N) is 1. The lowest BCUT2D eigenvalue weighted by Gasteiger charge is -2.26. The molecule has 0 bridgehead atoms. The van der Waals surface area contributed by atoms with Crippen molar-refractivity contribution in [2.45, 2.75) is 44.8 Å². The van der Waals surface area contributed by atoms with E-state index in [1.807, 2.05) is 0 Å². The highest BCUT2D eigenvalue weighted by atomic mass is 19.1. The zero-order valence-electron chi connectivity index (χ0n) is 13.0. The van der Waals surface area contributed by atoms with Gasteiger partial charge in [0, 0.05) is 6.54 Å². The maximum atomic E-state index is 13.1. The lowest BCUT2D eigenvalue weighted by atomic mass is 9.87. The number of urea groups is 1. The first kappa shape index (κ1) is 16.4. The van der Waals surface area contributed by atoms with E-state index >= 15 is 0 Å². The number of carbonyl (C=O) groups excluding carboxylic acids is 2. The average Bonchev–Trinajstić information content (AvgIpc) is 2.68. The number of benzene rings is 1. The van der Waals surface area contributed by atoms with Crippen LogP contribution in [0.2, 0.25) is 0 Å². The molecule has 5 nitrogen and oxygen atoms in total. The van der Waals surface area contributed by atoms with Gasteiger partial charge in [0.15, 0.2) is 0 Å². The second-order valence-corrected chi connectivity index (χ2v) is 6.22. The molecule has 1 atom stereocenters. The molecule has 1 aromatic carbocycles. The van der Waals surface area contributed by atoms with Crippen molar-refractivity contribution < 1.29 is 19.1 Å². The molecule has 120 valence electrons. The lowest BCUT2D eigenvalue weighted by molar-refractivity contribution is -0.132. The molecule has 0 saturated carbocycles. The summed E-state index contributed by atoms with van der Waals surface area (Å²) in [6.07, 6.45) is 0.650. The Morgan fingerprint density at radius 2 is 1.86 bits per heavy atom. The quantitative estimate of drug-likeness (QED) is 0.819. The number of hydrogen-bond acceptors (Lipinski definition) is 3. The number of rotatable bonds is 5. The first-order chi connectivity index (χ1) is 10.2. The molecule has 1 heterocycles. The van der Waals surface area contributed by atoms with Gasteiger partial charge in [0.2, 0.25) is 0 Å². The fraction of sp³-hybridized carbons (Fsp3) is 0.500. The minimum absolute atomic E-state index is 0.136. The summed E-state index contributed by atoms with van der Waals surface area (Å²) in [5.74, 6) is -0.762. The largest absolute Gasteiger partial charge is 0.390 e. The number of aliphatic hydroxyl groups is 1. The van der Waals surface area contributed by atoms with Crippen molar-refractivity contribution in [1.29, 1.82) is 0 Å². The van der Waals surface area contributed by atoms with Gasteiger partial charge in [-0.3, -0.25) is 9.69 Å². The van der Waals surface area contributed by atoms with Crippen molar-refractivity contribution in [3.63, 3.8) is 0 Å². The molecule has 1 unspecified atom stereocenters. The fourth-order valence-corrected chi connectivity index (χ4v) is 2.59. The predicted molar refractivity (Wildman–Crippen MR) is 79.5 cm³/mol. The smallest absolute Gasteiger partial charge is 0.325 e. The molecule has 6 heteroatoms. The Morgan fingerprint density at radius 1 is 1.27 bits per heavy atom. The Kier molecular flexibility index (Phi) is 4.24. The molecule has 0 radical (unpaired) electrons. The first-order valence-corrected chi connectivity index (χ1v) is 7.32. The number of imide groups is 1. The molecule has 0 aliphatic carbocycles. The van der Waals surface area contributed by atoms with Crippen molar-refractivity contribution in [3.8, 4) is 0 Å². The van der Waals surface area contributed by atoms with E-state index in [4.69, 9.17) is 0 Å². The summed E-state index contributed by atoms with van der Waals surface area (Å²) in [6.45, 7) is 5.18. The summed E-state index contributed by atoms with van der Waals surface area (Å²) in [4.78, 5) is 26.0. The Bertz CT molecular complexity index is 580. The van der Waals surface area contributed by atoms with E-state index in [0.29, 0.717) is 12.0 Å². The van der Waals surface area contributed by atoms with Gasteiger partial charge in [-0.25, -0.2) is 9.18 Å². The molecule has 0 spiro atoms. The molecule has 2 N–H and O–H groups in total. The van der Waals surface area contributed by atoms with Gasteiger partial charge < -0.3 is 10.4 Å². The molecule has 2 rings (SSSR count). The van der Waals surface area contributed by atoms with Gasteiger partial charge in [-0.05, 0) is 44.4 Å². The molecule has 1 aliphatic rings. The van der Waals surface area contributed by atoms with Crippen LogP contribution in [0.5, 0.6) is 0 Å². The molecule has 1 saturated heterocycles. The summed E-state index contributed by atoms with van der Waals surface area (Å²) in [7, 11) is 0. The topological polar surface area (TPSA) is 69.6 Å². The van der Waals surface area contributed by atoms with E-state index < -0.39 is 23.0 Å². The SMILES string of the molecule is CCC1(c2ccc(F)cc2)NC(=O)N(CCC(C)(C)O)C1=O. The lowest BCUT2D eigenvalue weighted by Crippen LogP contribution is -2.43. The van der Waals surface area contributed by atoms with Crippen LogP contribution in [-0.2, 0) is 10.3 Å². The molecule has 0 aromatic heterocycles. The fourth-order valence-electron chi connectivity index (χ4n) is 2.59. The summed E-state index contributed by atoms with van der Waals surface area (Å²) in [5.41, 5.74) is -1.57. The normalized spacial score (nSPS) is 22.1. The van der Waals surface area contributed by atoms with Gasteiger partial charge in [-0.1, -0.05) is 19.1 Å². The maximum Gasteiger partial charge on any atom is 0.325 e. The first-order valence-electron chi connectivity index (χ1n) is 7.32. The van der Waals surface area contributed by atoms with Crippen LogP contribution in [0, 0.1) is 5.82 Å². The highest BCUT2D eigenvalue weighted by Crippen LogP contribution is 2.32. The van der Waals surface area contributed by atoms with E-state index in [2.05, 4.69) is 5.32 Å². The van der Waals surface area contributed by atoms with E-state index in [1.165, 1.54) is 24.3 Å². The van der Waals surface area contributed by atoms with E-state index in [9.17, 15) is 19.1 Å². The zero-order valence-corrected chi connectivity index (χ0v) is 13.0. The standard InChI is InChI=1S/C16H21FN2O3/c1-4-16(11-5-7-12(17)8-6-11)13(20)19(14(21)18-16)10-9-15(2,3)22/h5-8,22H,4,9-10H2,1-3H3,(H,18,21). The third-order valence-electron chi connectivity index (χ3n) is 3.99. The highest BCUT2D eigenvalue weighted by molar-refractivity contribution is 6.07. The molecule has 1 fully saturated rings. The van der Waals surface area contributed by atoms with Crippen LogP contribution in [0.4, 0.5) is 9.18 Å². The third-order valence-corrected chi connectivity index (χ3v) is 3.99. The van der Waals surface area contributed by atoms with Gasteiger partial charge in [-0.2, -0.15) is 0 Å². The highest BCUT2D eigenvalue weighted by Gasteiger charge is 2.51. The Morgan fingerprint density at radius 3 is 2.36 bits per heavy atom. The average molecular weight is 308 g/mol. The van der Waals surface area contributed by atoms with Crippen LogP contribution in [0.3, 0.4) is 0 Å². The molecule has 1 aliphatic heterocycles. The second-order valence-electron chi connectivity index (χ2n) is 6.22. The Hall–Kier alpha value is -1.95. The minimum atomic E-state index is -1.16. The van der Waals surface area contributed by atoms with Crippen LogP contribution in [-0.4, -0.2) is 34.1 Å². The summed E-state index contributed by atoms with van der Waals surface area (Å²) >= 11 is 0. The molecular weight excluding hydrogens is 287 g/mol. The summed E-state index contributed by atoms with van der Waals surface area (Å²) in [6, 6.07) is 5.07. The predicted octanol–water partition coefficient (Wildman–Crippen LogP) is 2.14. The minimum Gasteiger partial charge on any atom is -0.390 e. The zero-order chi connectivity index (χ0) is 16.5. The molecule has 3 amide bonds. The van der Waals surface area contributed by atoms with Crippen molar-refractivity contribution in [3.05, 3.63) is 35.6 Å². The van der Waals surface area contributed by atoms with Gasteiger partial charge in [0.1, 0.15) is 11.4 Å². The monoisotopic (exact) mass is 308 g/mol. The van der Waals surface area contributed by atoms with E-state index in [-0.39, 0.29) is 18.9 Å². The molecule has 22 heavy (non-hydrogen) atoms. The van der Waals surface area contributed by atoms with Gasteiger partial charge in [0.05, 0.1) is 5.60 Å². The third kappa shape index (κ3) is 2.97. The van der Waals surface area contributed by atoms with Crippen LogP contribution in [0.15, 0.2) is 24.3 Å². The van der Waals surface area contributed by atoms with E-state index in [0.717, 1.165) is 4.90 Å².